The minimum absolute atomic E-state index is 0.104. The molecule has 31 heavy (non-hydrogen) atoms. The minimum Gasteiger partial charge on any atom is -0.461 e. The van der Waals surface area contributed by atoms with E-state index in [2.05, 4.69) is 20.7 Å². The molecule has 1 heterocycles. The van der Waals surface area contributed by atoms with Crippen LogP contribution in [-0.4, -0.2) is 46.8 Å². The summed E-state index contributed by atoms with van der Waals surface area (Å²) in [4.78, 5) is 41.5. The van der Waals surface area contributed by atoms with Crippen LogP contribution in [0.1, 0.15) is 27.6 Å². The molecule has 2 aromatic rings. The monoisotopic (exact) mass is 438 g/mol. The third kappa shape index (κ3) is 6.09. The molecule has 0 atom stereocenters. The quantitative estimate of drug-likeness (QED) is 0.321. The van der Waals surface area contributed by atoms with Gasteiger partial charge in [-0.2, -0.15) is 0 Å². The lowest BCUT2D eigenvalue weighted by Crippen LogP contribution is -2.34. The van der Waals surface area contributed by atoms with Crippen LogP contribution < -0.4 is 5.32 Å². The Morgan fingerprint density at radius 1 is 1.00 bits per heavy atom. The Morgan fingerprint density at radius 2 is 1.65 bits per heavy atom. The smallest absolute Gasteiger partial charge is 0.365 e. The summed E-state index contributed by atoms with van der Waals surface area (Å²) in [6.45, 7) is 1.74. The van der Waals surface area contributed by atoms with Crippen molar-refractivity contribution in [3.05, 3.63) is 71.8 Å². The predicted octanol–water partition coefficient (Wildman–Crippen LogP) is 2.65. The third-order valence-corrected chi connectivity index (χ3v) is 4.71. The average molecular weight is 438 g/mol. The number of nitrogens with zero attached hydrogens (tertiary/aromatic N) is 3. The van der Waals surface area contributed by atoms with Crippen molar-refractivity contribution in [1.82, 2.24) is 5.32 Å². The van der Waals surface area contributed by atoms with Crippen LogP contribution in [0.15, 0.2) is 76.0 Å². The molecule has 9 nitrogen and oxygen atoms in total. The minimum atomic E-state index is -0.797. The lowest BCUT2D eigenvalue weighted by atomic mass is 10.2. The number of ether oxygens (including phenoxy) is 1. The molecule has 3 rings (SSSR count). The Kier molecular flexibility index (Phi) is 7.66. The summed E-state index contributed by atoms with van der Waals surface area (Å²) in [5.74, 6) is -1.70. The molecule has 0 bridgehead atoms. The number of rotatable bonds is 6. The van der Waals surface area contributed by atoms with Crippen LogP contribution in [0.25, 0.3) is 0 Å². The number of hydrogen-bond acceptors (Lipinski definition) is 9. The molecule has 0 aromatic heterocycles. The number of benzene rings is 2. The second-order valence-corrected chi connectivity index (χ2v) is 6.93. The molecule has 1 N–H and O–H groups in total. The Balaban J connectivity index is 1.74. The first-order valence-corrected chi connectivity index (χ1v) is 10.2. The fourth-order valence-corrected chi connectivity index (χ4v) is 3.09. The molecule has 0 aliphatic carbocycles. The highest BCUT2D eigenvalue weighted by atomic mass is 32.2. The molecule has 2 aromatic carbocycles. The second kappa shape index (κ2) is 10.8. The number of thioether (sulfide) groups is 1. The molecule has 0 spiro atoms. The zero-order chi connectivity index (χ0) is 22.1. The SMILES string of the molecule is CCOC(=O)/C(=N/OC(=O)c1ccccc1)C1=NN=C(NC(=O)c2ccccc2)SC1. The standard InChI is InChI=1S/C21H18N4O5S/c1-2-29-20(28)17(25-30-19(27)15-11-7-4-8-12-15)16-13-31-21(24-23-16)22-18(26)14-9-5-3-6-10-14/h3-12H,2,13H2,1H3,(H,22,24,26)/b25-17+. The molecule has 10 heteroatoms. The fourth-order valence-electron chi connectivity index (χ4n) is 2.36. The molecule has 158 valence electrons. The first kappa shape index (κ1) is 21.9. The summed E-state index contributed by atoms with van der Waals surface area (Å²) in [7, 11) is 0. The molecular formula is C21H18N4O5S. The van der Waals surface area contributed by atoms with Gasteiger partial charge in [-0.15, -0.1) is 10.2 Å². The van der Waals surface area contributed by atoms with Gasteiger partial charge in [0, 0.05) is 11.3 Å². The van der Waals surface area contributed by atoms with E-state index in [4.69, 9.17) is 9.57 Å². The summed E-state index contributed by atoms with van der Waals surface area (Å²) >= 11 is 1.15. The largest absolute Gasteiger partial charge is 0.461 e. The average Bonchev–Trinajstić information content (AvgIpc) is 2.81. The molecule has 1 aliphatic rings. The number of carbonyl (C=O) groups excluding carboxylic acids is 3. The van der Waals surface area contributed by atoms with Gasteiger partial charge in [0.2, 0.25) is 5.71 Å². The van der Waals surface area contributed by atoms with Crippen LogP contribution in [0.4, 0.5) is 0 Å². The van der Waals surface area contributed by atoms with E-state index in [-0.39, 0.29) is 40.4 Å². The Bertz CT molecular complexity index is 1050. The van der Waals surface area contributed by atoms with Gasteiger partial charge >= 0.3 is 11.9 Å². The first-order chi connectivity index (χ1) is 15.1. The number of nitrogens with one attached hydrogen (secondary N) is 1. The Hall–Kier alpha value is -3.79. The summed E-state index contributed by atoms with van der Waals surface area (Å²) in [6.07, 6.45) is 0. The Labute approximate surface area is 182 Å². The van der Waals surface area contributed by atoms with Crippen LogP contribution in [0.2, 0.25) is 0 Å². The van der Waals surface area contributed by atoms with Crippen molar-refractivity contribution < 1.29 is 24.0 Å². The molecule has 1 aliphatic heterocycles. The number of esters is 1. The van der Waals surface area contributed by atoms with Crippen LogP contribution >= 0.6 is 11.8 Å². The summed E-state index contributed by atoms with van der Waals surface area (Å²) < 4.78 is 4.98. The van der Waals surface area contributed by atoms with Crippen LogP contribution in [0.3, 0.4) is 0 Å². The van der Waals surface area contributed by atoms with Crippen molar-refractivity contribution in [2.75, 3.05) is 12.4 Å². The lowest BCUT2D eigenvalue weighted by molar-refractivity contribution is -0.134. The summed E-state index contributed by atoms with van der Waals surface area (Å²) in [5.41, 5.74) is 0.637. The maximum atomic E-state index is 12.3. The van der Waals surface area contributed by atoms with E-state index >= 15 is 0 Å². The number of amides is 1. The van der Waals surface area contributed by atoms with E-state index < -0.39 is 11.9 Å². The van der Waals surface area contributed by atoms with Gasteiger partial charge in [0.05, 0.1) is 12.2 Å². The van der Waals surface area contributed by atoms with Crippen molar-refractivity contribution in [2.45, 2.75) is 6.92 Å². The Morgan fingerprint density at radius 3 is 2.23 bits per heavy atom. The number of carbonyl (C=O) groups is 3. The maximum Gasteiger partial charge on any atom is 0.365 e. The van der Waals surface area contributed by atoms with E-state index in [1.54, 1.807) is 67.6 Å². The third-order valence-electron chi connectivity index (χ3n) is 3.84. The topological polar surface area (TPSA) is 119 Å². The van der Waals surface area contributed by atoms with E-state index in [1.807, 2.05) is 0 Å². The predicted molar refractivity (Wildman–Crippen MR) is 117 cm³/mol. The van der Waals surface area contributed by atoms with Gasteiger partial charge in [-0.25, -0.2) is 9.59 Å². The fraction of sp³-hybridized carbons (Fsp3) is 0.143. The highest BCUT2D eigenvalue weighted by Crippen LogP contribution is 2.13. The van der Waals surface area contributed by atoms with Gasteiger partial charge in [0.1, 0.15) is 5.71 Å². The van der Waals surface area contributed by atoms with Gasteiger partial charge in [0.25, 0.3) is 5.91 Å². The number of oxime groups is 1. The molecule has 0 radical (unpaired) electrons. The highest BCUT2D eigenvalue weighted by Gasteiger charge is 2.25. The zero-order valence-corrected chi connectivity index (χ0v) is 17.3. The van der Waals surface area contributed by atoms with Crippen molar-refractivity contribution in [3.8, 4) is 0 Å². The van der Waals surface area contributed by atoms with Gasteiger partial charge in [0.15, 0.2) is 5.17 Å². The molecular weight excluding hydrogens is 420 g/mol. The van der Waals surface area contributed by atoms with Crippen LogP contribution in [-0.2, 0) is 14.4 Å². The van der Waals surface area contributed by atoms with Gasteiger partial charge < -0.3 is 9.57 Å². The van der Waals surface area contributed by atoms with Crippen LogP contribution in [0.5, 0.6) is 0 Å². The summed E-state index contributed by atoms with van der Waals surface area (Å²) in [6, 6.07) is 16.9. The molecule has 0 fully saturated rings. The normalized spacial score (nSPS) is 13.5. The van der Waals surface area contributed by atoms with Gasteiger partial charge in [-0.05, 0) is 31.2 Å². The van der Waals surface area contributed by atoms with E-state index in [9.17, 15) is 14.4 Å². The van der Waals surface area contributed by atoms with Crippen LogP contribution in [0, 0.1) is 0 Å². The second-order valence-electron chi connectivity index (χ2n) is 5.97. The van der Waals surface area contributed by atoms with Crippen molar-refractivity contribution in [1.29, 1.82) is 0 Å². The summed E-state index contributed by atoms with van der Waals surface area (Å²) in [5, 5.41) is 14.5. The van der Waals surface area contributed by atoms with Gasteiger partial charge in [-0.3, -0.25) is 10.1 Å². The number of amidine groups is 1. The van der Waals surface area contributed by atoms with Gasteiger partial charge in [-0.1, -0.05) is 53.3 Å². The highest BCUT2D eigenvalue weighted by molar-refractivity contribution is 8.14. The van der Waals surface area contributed by atoms with Crippen molar-refractivity contribution >= 4 is 46.2 Å². The maximum absolute atomic E-state index is 12.3. The van der Waals surface area contributed by atoms with E-state index in [0.29, 0.717) is 5.56 Å². The lowest BCUT2D eigenvalue weighted by Gasteiger charge is -2.13. The molecule has 0 unspecified atom stereocenters. The first-order valence-electron chi connectivity index (χ1n) is 9.24. The van der Waals surface area contributed by atoms with E-state index in [0.717, 1.165) is 11.8 Å². The molecule has 1 amide bonds. The van der Waals surface area contributed by atoms with E-state index in [1.165, 1.54) is 0 Å². The number of hydrogen-bond donors (Lipinski definition) is 1. The van der Waals surface area contributed by atoms with Crippen molar-refractivity contribution in [3.63, 3.8) is 0 Å². The molecule has 0 saturated carbocycles. The van der Waals surface area contributed by atoms with Crippen molar-refractivity contribution in [2.24, 2.45) is 15.4 Å². The zero-order valence-electron chi connectivity index (χ0n) is 16.5. The molecule has 0 saturated heterocycles.